The van der Waals surface area contributed by atoms with Crippen LogP contribution in [0.15, 0.2) is 218 Å². The summed E-state index contributed by atoms with van der Waals surface area (Å²) < 4.78 is 187. The van der Waals surface area contributed by atoms with Crippen LogP contribution in [-0.4, -0.2) is 6.36 Å². The van der Waals surface area contributed by atoms with Gasteiger partial charge >= 0.3 is 24.9 Å². The molecule has 0 spiro atoms. The average molecular weight is 1390 g/mol. The molecule has 11 aromatic carbocycles. The van der Waals surface area contributed by atoms with E-state index in [1.807, 2.05) is 50.2 Å². The lowest BCUT2D eigenvalue weighted by Gasteiger charge is -2.15. The van der Waals surface area contributed by atoms with Crippen molar-refractivity contribution in [3.8, 4) is 85.5 Å². The Balaban J connectivity index is 0.000000174. The van der Waals surface area contributed by atoms with Gasteiger partial charge in [0, 0.05) is 57.1 Å². The lowest BCUT2D eigenvalue weighted by atomic mass is 9.99. The Hall–Kier alpha value is -12.2. The molecule has 0 aliphatic carbocycles. The first-order chi connectivity index (χ1) is 46.9. The summed E-state index contributed by atoms with van der Waals surface area (Å²) in [7, 11) is 0. The predicted octanol–water partition coefficient (Wildman–Crippen LogP) is 20.9. The van der Waals surface area contributed by atoms with Crippen LogP contribution in [0, 0.1) is 27.7 Å². The molecule has 0 fully saturated rings. The topological polar surface area (TPSA) is 264 Å². The zero-order chi connectivity index (χ0) is 73.0. The van der Waals surface area contributed by atoms with Crippen molar-refractivity contribution in [2.24, 2.45) is 0 Å². The molecular weight excluding hydrogens is 1320 g/mol. The van der Waals surface area contributed by atoms with Gasteiger partial charge in [-0.1, -0.05) is 30.3 Å². The molecule has 0 aliphatic rings. The minimum absolute atomic E-state index is 0.0114. The number of benzene rings is 11. The van der Waals surface area contributed by atoms with E-state index < -0.39 is 41.6 Å². The third-order valence-corrected chi connectivity index (χ3v) is 14.3. The Morgan fingerprint density at radius 2 is 0.470 bits per heavy atom. The van der Waals surface area contributed by atoms with Crippen LogP contribution < -0.4 is 74.3 Å². The predicted molar refractivity (Wildman–Crippen MR) is 365 cm³/mol. The molecule has 26 heteroatoms. The fourth-order valence-electron chi connectivity index (χ4n) is 9.53. The highest BCUT2D eigenvalue weighted by Gasteiger charge is 2.37. The van der Waals surface area contributed by atoms with Crippen molar-refractivity contribution >= 4 is 45.5 Å². The van der Waals surface area contributed by atoms with Crippen molar-refractivity contribution < 1.29 is 81.1 Å². The first-order valence-corrected chi connectivity index (χ1v) is 29.6. The molecule has 0 bridgehead atoms. The highest BCUT2D eigenvalue weighted by atomic mass is 19.4. The van der Waals surface area contributed by atoms with Crippen LogP contribution in [0.2, 0.25) is 0 Å². The van der Waals surface area contributed by atoms with E-state index >= 15 is 0 Å². The summed E-state index contributed by atoms with van der Waals surface area (Å²) in [5.74, 6) is 2.15. The summed E-state index contributed by atoms with van der Waals surface area (Å²) in [6, 6.07) is 55.3. The molecule has 0 aromatic heterocycles. The summed E-state index contributed by atoms with van der Waals surface area (Å²) in [6.07, 6.45) is -18.4. The van der Waals surface area contributed by atoms with Gasteiger partial charge in [-0.2, -0.15) is 39.5 Å². The van der Waals surface area contributed by atoms with Crippen molar-refractivity contribution in [2.75, 3.05) is 45.9 Å². The molecule has 0 heterocycles. The Labute approximate surface area is 565 Å². The maximum Gasteiger partial charge on any atom is 0.573 e. The molecule has 0 unspecified atom stereocenters. The second-order valence-electron chi connectivity index (χ2n) is 22.2. The van der Waals surface area contributed by atoms with Crippen LogP contribution in [0.1, 0.15) is 38.9 Å². The largest absolute Gasteiger partial charge is 0.573 e. The fourth-order valence-corrected chi connectivity index (χ4v) is 9.53. The number of hydrogen-bond acceptors (Lipinski definition) is 14. The lowest BCUT2D eigenvalue weighted by molar-refractivity contribution is -0.274. The zero-order valence-corrected chi connectivity index (χ0v) is 53.4. The average Bonchev–Trinajstić information content (AvgIpc) is 0.825. The summed E-state index contributed by atoms with van der Waals surface area (Å²) in [4.78, 5) is 0. The van der Waals surface area contributed by atoms with Gasteiger partial charge in [-0.25, -0.2) is 0 Å². The van der Waals surface area contributed by atoms with Gasteiger partial charge in [0.2, 0.25) is 0 Å². The number of ether oxygens (including phenoxy) is 6. The molecule has 11 aromatic rings. The van der Waals surface area contributed by atoms with E-state index in [4.69, 9.17) is 69.6 Å². The molecule has 14 nitrogen and oxygen atoms in total. The van der Waals surface area contributed by atoms with Crippen LogP contribution >= 0.6 is 0 Å². The highest BCUT2D eigenvalue weighted by Crippen LogP contribution is 2.44. The number of nitrogen functional groups attached to an aromatic ring is 8. The first-order valence-electron chi connectivity index (χ1n) is 29.6. The quantitative estimate of drug-likeness (QED) is 0.0394. The number of aryl methyl sites for hydroxylation is 4. The Morgan fingerprint density at radius 1 is 0.230 bits per heavy atom. The summed E-state index contributed by atoms with van der Waals surface area (Å²) in [5, 5.41) is 0. The monoisotopic (exact) mass is 1390 g/mol. The van der Waals surface area contributed by atoms with Crippen molar-refractivity contribution in [2.45, 2.75) is 52.6 Å². The molecule has 16 N–H and O–H groups in total. The molecule has 0 atom stereocenters. The number of hydrogen-bond donors (Lipinski definition) is 8. The standard InChI is InChI=1S/C26H21F3N2O2.C20H17F3N2O2.2C14H13F3N2O/c1-16-14-19(30)6-12-24(16)32-21-8-2-17(3-9-21)18-4-10-22(11-5-18)33-25-13-7-20(31)15-23(25)26(27,28)29;1-12-10-13(24)2-8-18(12)26-15-4-6-16(7-5-15)27-19-9-3-14(25)11-17(19)20(21,22)23;1-8-6-9(18)2-4-12(8)20-13-5-3-10(19)7-11(13)14(15,16)17;1-8-6-9(18)2-4-11(8)12-5-3-10(19)7-13(12)20-14(15,16)17/h2-15H,30-31H2,1H3;2-11H,24-25H2,1H3;2*2-7H,18-19H2,1H3. The third kappa shape index (κ3) is 20.7. The van der Waals surface area contributed by atoms with Gasteiger partial charge < -0.3 is 74.3 Å². The van der Waals surface area contributed by atoms with Gasteiger partial charge in [0.15, 0.2) is 0 Å². The molecule has 100 heavy (non-hydrogen) atoms. The van der Waals surface area contributed by atoms with Crippen molar-refractivity contribution in [3.63, 3.8) is 0 Å². The van der Waals surface area contributed by atoms with Crippen LogP contribution in [0.3, 0.4) is 0 Å². The van der Waals surface area contributed by atoms with Gasteiger partial charge in [-0.05, 0) is 249 Å². The Bertz CT molecular complexity index is 4650. The van der Waals surface area contributed by atoms with Gasteiger partial charge in [0.1, 0.15) is 79.9 Å². The third-order valence-electron chi connectivity index (χ3n) is 14.3. The number of anilines is 8. The molecular formula is C74H64F12N8O6. The number of rotatable bonds is 13. The molecule has 11 rings (SSSR count). The van der Waals surface area contributed by atoms with Gasteiger partial charge in [-0.3, -0.25) is 0 Å². The lowest BCUT2D eigenvalue weighted by Crippen LogP contribution is -2.17. The van der Waals surface area contributed by atoms with Gasteiger partial charge in [0.05, 0.1) is 0 Å². The number of nitrogens with two attached hydrogens (primary N) is 8. The van der Waals surface area contributed by atoms with Crippen molar-refractivity contribution in [3.05, 3.63) is 257 Å². The molecule has 0 saturated carbocycles. The second kappa shape index (κ2) is 30.9. The van der Waals surface area contributed by atoms with E-state index in [0.717, 1.165) is 57.8 Å². The van der Waals surface area contributed by atoms with E-state index in [2.05, 4.69) is 4.74 Å². The van der Waals surface area contributed by atoms with Crippen LogP contribution in [-0.2, 0) is 18.5 Å². The molecule has 520 valence electrons. The zero-order valence-electron chi connectivity index (χ0n) is 53.4. The van der Waals surface area contributed by atoms with Crippen LogP contribution in [0.5, 0.6) is 63.2 Å². The Kier molecular flexibility index (Phi) is 22.7. The summed E-state index contributed by atoms with van der Waals surface area (Å²) in [5.41, 5.74) is 50.4. The molecule has 0 amide bonds. The van der Waals surface area contributed by atoms with Gasteiger partial charge in [-0.15, -0.1) is 13.2 Å². The highest BCUT2D eigenvalue weighted by molar-refractivity contribution is 5.77. The van der Waals surface area contributed by atoms with E-state index in [9.17, 15) is 52.7 Å². The van der Waals surface area contributed by atoms with Crippen LogP contribution in [0.4, 0.5) is 98.2 Å². The van der Waals surface area contributed by atoms with E-state index in [1.54, 1.807) is 105 Å². The first kappa shape index (κ1) is 73.6. The fraction of sp³-hybridized carbons (Fsp3) is 0.108. The maximum atomic E-state index is 13.3. The summed E-state index contributed by atoms with van der Waals surface area (Å²) >= 11 is 0. The summed E-state index contributed by atoms with van der Waals surface area (Å²) in [6.45, 7) is 7.25. The minimum atomic E-state index is -4.77. The molecule has 0 radical (unpaired) electrons. The van der Waals surface area contributed by atoms with Gasteiger partial charge in [0.25, 0.3) is 0 Å². The minimum Gasteiger partial charge on any atom is -0.457 e. The number of alkyl halides is 12. The molecule has 0 aliphatic heterocycles. The van der Waals surface area contributed by atoms with Crippen molar-refractivity contribution in [1.82, 2.24) is 0 Å². The number of halogens is 12. The normalized spacial score (nSPS) is 11.3. The Morgan fingerprint density at radius 3 is 0.770 bits per heavy atom. The van der Waals surface area contributed by atoms with Crippen molar-refractivity contribution in [1.29, 1.82) is 0 Å². The van der Waals surface area contributed by atoms with E-state index in [-0.39, 0.29) is 57.2 Å². The SMILES string of the molecule is Cc1cc(N)ccc1-c1ccc(N)cc1OC(F)(F)F.Cc1cc(N)ccc1Oc1ccc(-c2ccc(Oc3ccc(N)cc3C(F)(F)F)cc2)cc1.Cc1cc(N)ccc1Oc1ccc(N)cc1C(F)(F)F.Cc1cc(N)ccc1Oc1ccc(Oc2ccc(N)cc2C(F)(F)F)cc1. The second-order valence-corrected chi connectivity index (χ2v) is 22.2. The van der Waals surface area contributed by atoms with E-state index in [1.165, 1.54) is 66.7 Å². The smallest absolute Gasteiger partial charge is 0.457 e. The van der Waals surface area contributed by atoms with E-state index in [0.29, 0.717) is 62.4 Å². The maximum absolute atomic E-state index is 13.3. The molecule has 0 saturated heterocycles. The van der Waals surface area contributed by atoms with Crippen LogP contribution in [0.25, 0.3) is 22.3 Å².